The smallest absolute Gasteiger partial charge is 0.149 e. The predicted octanol–water partition coefficient (Wildman–Crippen LogP) is 2.57. The third-order valence-corrected chi connectivity index (χ3v) is 6.28. The van der Waals surface area contributed by atoms with E-state index in [0.717, 1.165) is 12.8 Å². The molecule has 2 aliphatic carbocycles. The largest absolute Gasteiger partial charge is 0.298 e. The minimum atomic E-state index is -0.00454. The Morgan fingerprint density at radius 2 is 2.18 bits per heavy atom. The molecule has 11 heavy (non-hydrogen) atoms. The highest BCUT2D eigenvalue weighted by Gasteiger charge is 2.62. The van der Waals surface area contributed by atoms with Gasteiger partial charge in [0.1, 0.15) is 5.78 Å². The molecule has 0 saturated heterocycles. The summed E-state index contributed by atoms with van der Waals surface area (Å²) in [5.41, 5.74) is 0.268. The van der Waals surface area contributed by atoms with Crippen molar-refractivity contribution in [2.24, 2.45) is 11.3 Å². The first kappa shape index (κ1) is 8.02. The van der Waals surface area contributed by atoms with Gasteiger partial charge in [0.2, 0.25) is 0 Å². The topological polar surface area (TPSA) is 17.1 Å². The molecule has 2 fully saturated rings. The molecule has 2 saturated carbocycles. The van der Waals surface area contributed by atoms with Crippen molar-refractivity contribution in [3.05, 3.63) is 0 Å². The molecule has 0 aliphatic heterocycles. The summed E-state index contributed by atoms with van der Waals surface area (Å²) in [5.74, 6) is 1.17. The van der Waals surface area contributed by atoms with E-state index in [9.17, 15) is 4.79 Å². The average Bonchev–Trinajstić information content (AvgIpc) is 2.20. The SMILES string of the molecule is CC1(C)C2CCC1(I)C(=O)C2. The van der Waals surface area contributed by atoms with E-state index < -0.39 is 0 Å². The van der Waals surface area contributed by atoms with Crippen LogP contribution >= 0.6 is 22.6 Å². The number of carbonyl (C=O) groups is 1. The fourth-order valence-electron chi connectivity index (χ4n) is 2.62. The average molecular weight is 264 g/mol. The molecule has 1 nitrogen and oxygen atoms in total. The Morgan fingerprint density at radius 3 is 2.36 bits per heavy atom. The van der Waals surface area contributed by atoms with Crippen molar-refractivity contribution in [1.82, 2.24) is 0 Å². The summed E-state index contributed by atoms with van der Waals surface area (Å²) in [6.07, 6.45) is 3.22. The third kappa shape index (κ3) is 0.744. The number of ketones is 1. The zero-order valence-electron chi connectivity index (χ0n) is 6.98. The molecule has 2 aliphatic rings. The highest BCUT2D eigenvalue weighted by molar-refractivity contribution is 14.1. The van der Waals surface area contributed by atoms with E-state index in [1.54, 1.807) is 0 Å². The van der Waals surface area contributed by atoms with E-state index >= 15 is 0 Å². The highest BCUT2D eigenvalue weighted by atomic mass is 127. The second-order valence-electron chi connectivity index (χ2n) is 4.39. The Balaban J connectivity index is 2.47. The maximum absolute atomic E-state index is 11.6. The Kier molecular flexibility index (Phi) is 1.46. The van der Waals surface area contributed by atoms with Crippen molar-refractivity contribution < 1.29 is 4.79 Å². The normalized spacial score (nSPS) is 46.8. The van der Waals surface area contributed by atoms with E-state index in [0.29, 0.717) is 11.7 Å². The Hall–Kier alpha value is 0.400. The van der Waals surface area contributed by atoms with Crippen molar-refractivity contribution in [2.45, 2.75) is 36.5 Å². The lowest BCUT2D eigenvalue weighted by Crippen LogP contribution is -2.36. The number of rotatable bonds is 0. The molecule has 62 valence electrons. The van der Waals surface area contributed by atoms with Gasteiger partial charge in [-0.05, 0) is 24.2 Å². The van der Waals surface area contributed by atoms with Gasteiger partial charge >= 0.3 is 0 Å². The summed E-state index contributed by atoms with van der Waals surface area (Å²) >= 11 is 2.39. The summed E-state index contributed by atoms with van der Waals surface area (Å²) in [7, 11) is 0. The highest BCUT2D eigenvalue weighted by Crippen LogP contribution is 2.62. The molecule has 0 amide bonds. The van der Waals surface area contributed by atoms with Crippen LogP contribution in [0.5, 0.6) is 0 Å². The van der Waals surface area contributed by atoms with E-state index in [1.807, 2.05) is 0 Å². The summed E-state index contributed by atoms with van der Waals surface area (Å²) in [6.45, 7) is 4.50. The first-order valence-corrected chi connectivity index (χ1v) is 5.28. The maximum atomic E-state index is 11.6. The lowest BCUT2D eigenvalue weighted by atomic mass is 9.82. The van der Waals surface area contributed by atoms with E-state index in [2.05, 4.69) is 36.4 Å². The number of Topliss-reactive ketones (excluding diaryl/α,β-unsaturated/α-hetero) is 1. The van der Waals surface area contributed by atoms with Gasteiger partial charge in [-0.15, -0.1) is 0 Å². The second kappa shape index (κ2) is 2.01. The quantitative estimate of drug-likeness (QED) is 0.485. The van der Waals surface area contributed by atoms with E-state index in [-0.39, 0.29) is 8.84 Å². The van der Waals surface area contributed by atoms with Gasteiger partial charge in [0.15, 0.2) is 0 Å². The van der Waals surface area contributed by atoms with Gasteiger partial charge in [-0.1, -0.05) is 36.4 Å². The first-order chi connectivity index (χ1) is 4.98. The molecular weight excluding hydrogens is 251 g/mol. The Bertz CT molecular complexity index is 222. The monoisotopic (exact) mass is 264 g/mol. The lowest BCUT2D eigenvalue weighted by molar-refractivity contribution is -0.120. The van der Waals surface area contributed by atoms with Gasteiger partial charge in [0.05, 0.1) is 3.42 Å². The van der Waals surface area contributed by atoms with Crippen LogP contribution in [0.2, 0.25) is 0 Å². The molecule has 0 aromatic heterocycles. The van der Waals surface area contributed by atoms with Crippen LogP contribution in [0.1, 0.15) is 33.1 Å². The molecule has 0 spiro atoms. The Morgan fingerprint density at radius 1 is 1.55 bits per heavy atom. The van der Waals surface area contributed by atoms with Crippen LogP contribution in [-0.4, -0.2) is 9.20 Å². The van der Waals surface area contributed by atoms with Crippen LogP contribution < -0.4 is 0 Å². The maximum Gasteiger partial charge on any atom is 0.149 e. The van der Waals surface area contributed by atoms with Crippen molar-refractivity contribution in [3.63, 3.8) is 0 Å². The van der Waals surface area contributed by atoms with Crippen molar-refractivity contribution in [1.29, 1.82) is 0 Å². The second-order valence-corrected chi connectivity index (χ2v) is 6.23. The molecule has 2 atom stereocenters. The van der Waals surface area contributed by atoms with Gasteiger partial charge in [-0.3, -0.25) is 4.79 Å². The van der Waals surface area contributed by atoms with Gasteiger partial charge in [-0.25, -0.2) is 0 Å². The van der Waals surface area contributed by atoms with Crippen LogP contribution in [0.15, 0.2) is 0 Å². The Labute approximate surface area is 81.1 Å². The van der Waals surface area contributed by atoms with E-state index in [1.165, 1.54) is 6.42 Å². The first-order valence-electron chi connectivity index (χ1n) is 4.21. The zero-order chi connectivity index (χ0) is 8.28. The zero-order valence-corrected chi connectivity index (χ0v) is 9.14. The molecule has 0 N–H and O–H groups in total. The molecule has 2 heteroatoms. The molecule has 0 aromatic rings. The summed E-state index contributed by atoms with van der Waals surface area (Å²) in [6, 6.07) is 0. The van der Waals surface area contributed by atoms with Crippen molar-refractivity contribution in [3.8, 4) is 0 Å². The standard InChI is InChI=1S/C9H13IO/c1-8(2)6-3-4-9(8,10)7(11)5-6/h6H,3-5H2,1-2H3. The van der Waals surface area contributed by atoms with Gasteiger partial charge in [-0.2, -0.15) is 0 Å². The van der Waals surface area contributed by atoms with Crippen LogP contribution in [-0.2, 0) is 4.79 Å². The van der Waals surface area contributed by atoms with Crippen LogP contribution in [0.25, 0.3) is 0 Å². The minimum absolute atomic E-state index is 0.00454. The molecule has 0 radical (unpaired) electrons. The van der Waals surface area contributed by atoms with Crippen molar-refractivity contribution in [2.75, 3.05) is 0 Å². The summed E-state index contributed by atoms with van der Waals surface area (Å²) < 4.78 is -0.00454. The molecule has 2 bridgehead atoms. The number of carbonyl (C=O) groups excluding carboxylic acids is 1. The number of hydrogen-bond acceptors (Lipinski definition) is 1. The van der Waals surface area contributed by atoms with Gasteiger partial charge < -0.3 is 0 Å². The minimum Gasteiger partial charge on any atom is -0.298 e. The molecule has 2 rings (SSSR count). The van der Waals surface area contributed by atoms with Gasteiger partial charge in [0.25, 0.3) is 0 Å². The molecule has 2 unspecified atom stereocenters. The lowest BCUT2D eigenvalue weighted by Gasteiger charge is -2.30. The fourth-order valence-corrected chi connectivity index (χ4v) is 3.59. The number of halogens is 1. The van der Waals surface area contributed by atoms with Crippen molar-refractivity contribution >= 4 is 28.4 Å². The van der Waals surface area contributed by atoms with Crippen LogP contribution in [0, 0.1) is 11.3 Å². The number of fused-ring (bicyclic) bond motifs is 2. The molecular formula is C9H13IO. The number of hydrogen-bond donors (Lipinski definition) is 0. The molecule has 0 heterocycles. The predicted molar refractivity (Wildman–Crippen MR) is 52.9 cm³/mol. The number of alkyl halides is 1. The van der Waals surface area contributed by atoms with E-state index in [4.69, 9.17) is 0 Å². The third-order valence-electron chi connectivity index (χ3n) is 3.75. The molecule has 0 aromatic carbocycles. The summed E-state index contributed by atoms with van der Waals surface area (Å²) in [5, 5.41) is 0. The van der Waals surface area contributed by atoms with Gasteiger partial charge in [0, 0.05) is 6.42 Å². The fraction of sp³-hybridized carbons (Fsp3) is 0.889. The van der Waals surface area contributed by atoms with Crippen LogP contribution in [0.4, 0.5) is 0 Å². The summed E-state index contributed by atoms with van der Waals surface area (Å²) in [4.78, 5) is 11.6. The van der Waals surface area contributed by atoms with Crippen LogP contribution in [0.3, 0.4) is 0 Å².